The number of ether oxygens (including phenoxy) is 1. The molecular formula is C18H20N2O3. The highest BCUT2D eigenvalue weighted by Crippen LogP contribution is 2.12. The third-order valence-corrected chi connectivity index (χ3v) is 3.16. The molecular weight excluding hydrogens is 292 g/mol. The molecule has 0 spiro atoms. The molecule has 120 valence electrons. The molecule has 0 saturated carbocycles. The first kappa shape index (κ1) is 16.5. The van der Waals surface area contributed by atoms with E-state index in [0.29, 0.717) is 12.2 Å². The zero-order valence-electron chi connectivity index (χ0n) is 13.0. The van der Waals surface area contributed by atoms with Crippen molar-refractivity contribution >= 4 is 12.1 Å². The van der Waals surface area contributed by atoms with E-state index >= 15 is 0 Å². The topological polar surface area (TPSA) is 70.9 Å². The molecule has 2 aromatic rings. The standard InChI is InChI=1S/C18H20N2O3/c1-2-3-12-23-17-10-4-14(5-11-17)13-19-20-18(22)15-6-8-16(21)9-7-15/h4-11,13,21H,2-3,12H2,1H3,(H,20,22)/b19-13-. The number of hydrazone groups is 1. The number of phenolic OH excluding ortho intramolecular Hbond substituents is 1. The van der Waals surface area contributed by atoms with Crippen LogP contribution in [0.3, 0.4) is 0 Å². The molecule has 0 radical (unpaired) electrons. The van der Waals surface area contributed by atoms with E-state index in [2.05, 4.69) is 17.5 Å². The Labute approximate surface area is 135 Å². The fraction of sp³-hybridized carbons (Fsp3) is 0.222. The van der Waals surface area contributed by atoms with Gasteiger partial charge in [0.1, 0.15) is 11.5 Å². The van der Waals surface area contributed by atoms with Gasteiger partial charge < -0.3 is 9.84 Å². The maximum atomic E-state index is 11.8. The zero-order valence-corrected chi connectivity index (χ0v) is 13.0. The second-order valence-electron chi connectivity index (χ2n) is 5.02. The number of nitrogens with zero attached hydrogens (tertiary/aromatic N) is 1. The molecule has 0 heterocycles. The summed E-state index contributed by atoms with van der Waals surface area (Å²) in [5, 5.41) is 13.1. The van der Waals surface area contributed by atoms with E-state index in [4.69, 9.17) is 4.74 Å². The quantitative estimate of drug-likeness (QED) is 0.468. The minimum atomic E-state index is -0.333. The Morgan fingerprint density at radius 3 is 2.52 bits per heavy atom. The number of carbonyl (C=O) groups excluding carboxylic acids is 1. The highest BCUT2D eigenvalue weighted by atomic mass is 16.5. The monoisotopic (exact) mass is 312 g/mol. The van der Waals surface area contributed by atoms with E-state index in [-0.39, 0.29) is 11.7 Å². The van der Waals surface area contributed by atoms with Crippen molar-refractivity contribution in [2.45, 2.75) is 19.8 Å². The van der Waals surface area contributed by atoms with Crippen molar-refractivity contribution in [3.63, 3.8) is 0 Å². The number of rotatable bonds is 7. The molecule has 0 saturated heterocycles. The first-order valence-electron chi connectivity index (χ1n) is 7.54. The van der Waals surface area contributed by atoms with Crippen LogP contribution in [0.25, 0.3) is 0 Å². The second kappa shape index (κ2) is 8.58. The maximum Gasteiger partial charge on any atom is 0.271 e. The van der Waals surface area contributed by atoms with Crippen molar-refractivity contribution in [1.82, 2.24) is 5.43 Å². The number of nitrogens with one attached hydrogen (secondary N) is 1. The Bertz CT molecular complexity index is 649. The van der Waals surface area contributed by atoms with Crippen molar-refractivity contribution in [3.05, 3.63) is 59.7 Å². The Morgan fingerprint density at radius 1 is 1.17 bits per heavy atom. The number of benzene rings is 2. The molecule has 0 fully saturated rings. The number of carbonyl (C=O) groups is 1. The summed E-state index contributed by atoms with van der Waals surface area (Å²) >= 11 is 0. The van der Waals surface area contributed by atoms with Crippen LogP contribution in [0.2, 0.25) is 0 Å². The third kappa shape index (κ3) is 5.47. The molecule has 0 aliphatic heterocycles. The molecule has 0 aliphatic rings. The first-order valence-corrected chi connectivity index (χ1v) is 7.54. The fourth-order valence-corrected chi connectivity index (χ4v) is 1.83. The summed E-state index contributed by atoms with van der Waals surface area (Å²) in [5.74, 6) is 0.607. The van der Waals surface area contributed by atoms with Crippen molar-refractivity contribution in [2.75, 3.05) is 6.61 Å². The molecule has 0 atom stereocenters. The normalized spacial score (nSPS) is 10.7. The molecule has 0 bridgehead atoms. The molecule has 0 aromatic heterocycles. The first-order chi connectivity index (χ1) is 11.2. The van der Waals surface area contributed by atoms with Crippen molar-refractivity contribution < 1.29 is 14.6 Å². The Hall–Kier alpha value is -2.82. The predicted octanol–water partition coefficient (Wildman–Crippen LogP) is 3.34. The minimum absolute atomic E-state index is 0.117. The number of hydrogen-bond donors (Lipinski definition) is 2. The highest BCUT2D eigenvalue weighted by Gasteiger charge is 2.03. The molecule has 2 N–H and O–H groups in total. The molecule has 2 aromatic carbocycles. The smallest absolute Gasteiger partial charge is 0.271 e. The molecule has 23 heavy (non-hydrogen) atoms. The summed E-state index contributed by atoms with van der Waals surface area (Å²) in [7, 11) is 0. The summed E-state index contributed by atoms with van der Waals surface area (Å²) < 4.78 is 5.58. The van der Waals surface area contributed by atoms with E-state index < -0.39 is 0 Å². The third-order valence-electron chi connectivity index (χ3n) is 3.16. The maximum absolute atomic E-state index is 11.8. The Balaban J connectivity index is 1.85. The molecule has 0 aliphatic carbocycles. The van der Waals surface area contributed by atoms with Crippen LogP contribution in [-0.2, 0) is 0 Å². The number of amides is 1. The van der Waals surface area contributed by atoms with Gasteiger partial charge in [-0.2, -0.15) is 5.10 Å². The second-order valence-corrected chi connectivity index (χ2v) is 5.02. The van der Waals surface area contributed by atoms with Crippen LogP contribution in [-0.4, -0.2) is 23.8 Å². The summed E-state index contributed by atoms with van der Waals surface area (Å²) in [6.45, 7) is 2.84. The van der Waals surface area contributed by atoms with Crippen LogP contribution in [0.1, 0.15) is 35.7 Å². The van der Waals surface area contributed by atoms with Crippen LogP contribution in [0.15, 0.2) is 53.6 Å². The lowest BCUT2D eigenvalue weighted by atomic mass is 10.2. The van der Waals surface area contributed by atoms with Gasteiger partial charge in [-0.1, -0.05) is 13.3 Å². The van der Waals surface area contributed by atoms with E-state index in [1.165, 1.54) is 24.3 Å². The molecule has 1 amide bonds. The van der Waals surface area contributed by atoms with Gasteiger partial charge in [-0.15, -0.1) is 0 Å². The SMILES string of the molecule is CCCCOc1ccc(/C=N\NC(=O)c2ccc(O)cc2)cc1. The Morgan fingerprint density at radius 2 is 1.87 bits per heavy atom. The van der Waals surface area contributed by atoms with Crippen LogP contribution in [0.4, 0.5) is 0 Å². The van der Waals surface area contributed by atoms with Gasteiger partial charge in [-0.05, 0) is 60.5 Å². The lowest BCUT2D eigenvalue weighted by Gasteiger charge is -2.05. The molecule has 2 rings (SSSR count). The zero-order chi connectivity index (χ0) is 16.5. The number of unbranched alkanes of at least 4 members (excludes halogenated alkanes) is 1. The number of phenols is 1. The number of hydrogen-bond acceptors (Lipinski definition) is 4. The molecule has 5 heteroatoms. The average molecular weight is 312 g/mol. The minimum Gasteiger partial charge on any atom is -0.508 e. The van der Waals surface area contributed by atoms with Crippen LogP contribution >= 0.6 is 0 Å². The van der Waals surface area contributed by atoms with Crippen LogP contribution in [0, 0.1) is 0 Å². The molecule has 5 nitrogen and oxygen atoms in total. The van der Waals surface area contributed by atoms with Gasteiger partial charge in [0.05, 0.1) is 12.8 Å². The summed E-state index contributed by atoms with van der Waals surface area (Å²) in [6, 6.07) is 13.5. The fourth-order valence-electron chi connectivity index (χ4n) is 1.83. The van der Waals surface area contributed by atoms with E-state index in [1.54, 1.807) is 6.21 Å². The average Bonchev–Trinajstić information content (AvgIpc) is 2.57. The van der Waals surface area contributed by atoms with Gasteiger partial charge >= 0.3 is 0 Å². The summed E-state index contributed by atoms with van der Waals surface area (Å²) in [4.78, 5) is 11.8. The van der Waals surface area contributed by atoms with Crippen LogP contribution in [0.5, 0.6) is 11.5 Å². The van der Waals surface area contributed by atoms with Crippen LogP contribution < -0.4 is 10.2 Å². The highest BCUT2D eigenvalue weighted by molar-refractivity contribution is 5.94. The lowest BCUT2D eigenvalue weighted by Crippen LogP contribution is -2.17. The lowest BCUT2D eigenvalue weighted by molar-refractivity contribution is 0.0955. The van der Waals surface area contributed by atoms with Gasteiger partial charge in [0.15, 0.2) is 0 Å². The van der Waals surface area contributed by atoms with Gasteiger partial charge in [0, 0.05) is 5.56 Å². The van der Waals surface area contributed by atoms with Gasteiger partial charge in [-0.25, -0.2) is 5.43 Å². The summed E-state index contributed by atoms with van der Waals surface area (Å²) in [6.07, 6.45) is 3.70. The summed E-state index contributed by atoms with van der Waals surface area (Å²) in [5.41, 5.74) is 3.73. The van der Waals surface area contributed by atoms with Crippen molar-refractivity contribution in [1.29, 1.82) is 0 Å². The van der Waals surface area contributed by atoms with Gasteiger partial charge in [0.2, 0.25) is 0 Å². The van der Waals surface area contributed by atoms with E-state index in [1.807, 2.05) is 24.3 Å². The van der Waals surface area contributed by atoms with E-state index in [9.17, 15) is 9.90 Å². The van der Waals surface area contributed by atoms with Crippen molar-refractivity contribution in [2.24, 2.45) is 5.10 Å². The largest absolute Gasteiger partial charge is 0.508 e. The van der Waals surface area contributed by atoms with Gasteiger partial charge in [-0.3, -0.25) is 4.79 Å². The predicted molar refractivity (Wildman–Crippen MR) is 90.0 cm³/mol. The molecule has 0 unspecified atom stereocenters. The van der Waals surface area contributed by atoms with Gasteiger partial charge in [0.25, 0.3) is 5.91 Å². The van der Waals surface area contributed by atoms with E-state index in [0.717, 1.165) is 24.2 Å². The number of aromatic hydroxyl groups is 1. The Kier molecular flexibility index (Phi) is 6.17. The van der Waals surface area contributed by atoms with Crippen molar-refractivity contribution in [3.8, 4) is 11.5 Å².